The molecule has 0 fully saturated rings. The van der Waals surface area contributed by atoms with Crippen molar-refractivity contribution in [3.05, 3.63) is 47.7 Å². The highest BCUT2D eigenvalue weighted by Crippen LogP contribution is 2.33. The average Bonchev–Trinajstić information content (AvgIpc) is 2.43. The molecule has 0 saturated carbocycles. The topological polar surface area (TPSA) is 64.4 Å². The summed E-state index contributed by atoms with van der Waals surface area (Å²) < 4.78 is 4.94. The van der Waals surface area contributed by atoms with E-state index in [-0.39, 0.29) is 11.2 Å². The number of nitrogens with one attached hydrogen (secondary N) is 1. The molecule has 0 bridgehead atoms. The zero-order chi connectivity index (χ0) is 17.2. The van der Waals surface area contributed by atoms with E-state index in [0.717, 1.165) is 17.8 Å². The number of methoxy groups -OCH3 is 1. The van der Waals surface area contributed by atoms with Gasteiger partial charge in [-0.1, -0.05) is 39.8 Å². The van der Waals surface area contributed by atoms with Gasteiger partial charge in [0, 0.05) is 18.2 Å². The molecule has 0 aromatic rings. The van der Waals surface area contributed by atoms with Gasteiger partial charge in [-0.2, -0.15) is 0 Å². The minimum atomic E-state index is -0.0282. The highest BCUT2D eigenvalue weighted by atomic mass is 16.5. The summed E-state index contributed by atoms with van der Waals surface area (Å²) in [5.74, 6) is 0.142. The Hall–Kier alpha value is -1.97. The number of ketones is 1. The molecule has 0 atom stereocenters. The van der Waals surface area contributed by atoms with Gasteiger partial charge in [0.05, 0.1) is 18.5 Å². The van der Waals surface area contributed by atoms with Gasteiger partial charge in [0.25, 0.3) is 0 Å². The SMILES string of the molecule is CC.C\C=C/C=C(NC1=CC(=O)CC(C)(C)C1)\C(N)=C/OC. The molecule has 0 unspecified atom stereocenters. The summed E-state index contributed by atoms with van der Waals surface area (Å²) >= 11 is 0. The van der Waals surface area contributed by atoms with Crippen LogP contribution < -0.4 is 11.1 Å². The zero-order valence-corrected chi connectivity index (χ0v) is 14.7. The molecular formula is C18H30N2O2. The third-order valence-corrected chi connectivity index (χ3v) is 2.96. The van der Waals surface area contributed by atoms with Crippen LogP contribution in [0.3, 0.4) is 0 Å². The van der Waals surface area contributed by atoms with Crippen molar-refractivity contribution >= 4 is 5.78 Å². The number of hydrogen-bond acceptors (Lipinski definition) is 4. The molecule has 1 aliphatic rings. The lowest BCUT2D eigenvalue weighted by atomic mass is 9.79. The minimum absolute atomic E-state index is 0.0282. The Kier molecular flexibility index (Phi) is 8.99. The number of carbonyl (C=O) groups excluding carboxylic acids is 1. The van der Waals surface area contributed by atoms with Crippen LogP contribution >= 0.6 is 0 Å². The molecule has 22 heavy (non-hydrogen) atoms. The Morgan fingerprint density at radius 3 is 2.50 bits per heavy atom. The standard InChI is InChI=1S/C16H24N2O2.C2H6/c1-5-6-7-15(14(17)11-20-4)18-12-8-13(19)10-16(2,3)9-12;1-2/h5-8,11,18H,9-10,17H2,1-4H3;1-2H3/b6-5-,14-11+,15-7+;. The van der Waals surface area contributed by atoms with Crippen molar-refractivity contribution in [2.75, 3.05) is 7.11 Å². The third kappa shape index (κ3) is 7.16. The predicted molar refractivity (Wildman–Crippen MR) is 92.8 cm³/mol. The maximum atomic E-state index is 11.8. The molecule has 3 N–H and O–H groups in total. The maximum absolute atomic E-state index is 11.8. The van der Waals surface area contributed by atoms with Crippen molar-refractivity contribution in [3.63, 3.8) is 0 Å². The van der Waals surface area contributed by atoms with Crippen molar-refractivity contribution in [2.24, 2.45) is 11.1 Å². The first kappa shape index (κ1) is 20.0. The van der Waals surface area contributed by atoms with Crippen LogP contribution in [0, 0.1) is 5.41 Å². The lowest BCUT2D eigenvalue weighted by Gasteiger charge is -2.29. The number of hydrogen-bond donors (Lipinski definition) is 2. The van der Waals surface area contributed by atoms with E-state index in [2.05, 4.69) is 19.2 Å². The van der Waals surface area contributed by atoms with E-state index >= 15 is 0 Å². The summed E-state index contributed by atoms with van der Waals surface area (Å²) in [5.41, 5.74) is 8.02. The van der Waals surface area contributed by atoms with Gasteiger partial charge in [-0.05, 0) is 24.8 Å². The molecule has 1 aliphatic carbocycles. The normalized spacial score (nSPS) is 18.5. The van der Waals surface area contributed by atoms with Crippen molar-refractivity contribution in [1.82, 2.24) is 5.32 Å². The molecule has 0 aliphatic heterocycles. The maximum Gasteiger partial charge on any atom is 0.157 e. The van der Waals surface area contributed by atoms with Crippen LogP contribution in [0.25, 0.3) is 0 Å². The van der Waals surface area contributed by atoms with Crippen molar-refractivity contribution in [1.29, 1.82) is 0 Å². The fourth-order valence-electron chi connectivity index (χ4n) is 2.19. The number of carbonyl (C=O) groups is 1. The van der Waals surface area contributed by atoms with E-state index in [1.807, 2.05) is 39.0 Å². The Labute approximate surface area is 134 Å². The minimum Gasteiger partial charge on any atom is -0.502 e. The van der Waals surface area contributed by atoms with E-state index in [0.29, 0.717) is 12.1 Å². The van der Waals surface area contributed by atoms with E-state index < -0.39 is 0 Å². The first-order chi connectivity index (χ1) is 10.4. The molecule has 124 valence electrons. The zero-order valence-electron chi connectivity index (χ0n) is 14.7. The van der Waals surface area contributed by atoms with Gasteiger partial charge in [-0.25, -0.2) is 0 Å². The molecule has 0 heterocycles. The lowest BCUT2D eigenvalue weighted by Crippen LogP contribution is -2.29. The van der Waals surface area contributed by atoms with Gasteiger partial charge in [-0.3, -0.25) is 4.79 Å². The number of nitrogens with two attached hydrogens (primary N) is 1. The van der Waals surface area contributed by atoms with Gasteiger partial charge >= 0.3 is 0 Å². The summed E-state index contributed by atoms with van der Waals surface area (Å²) in [6.07, 6.45) is 10.2. The Morgan fingerprint density at radius 1 is 1.36 bits per heavy atom. The third-order valence-electron chi connectivity index (χ3n) is 2.96. The summed E-state index contributed by atoms with van der Waals surface area (Å²) in [7, 11) is 1.55. The highest BCUT2D eigenvalue weighted by Gasteiger charge is 2.27. The van der Waals surface area contributed by atoms with Crippen LogP contribution in [-0.4, -0.2) is 12.9 Å². The molecule has 0 spiro atoms. The molecule has 0 aromatic heterocycles. The smallest absolute Gasteiger partial charge is 0.157 e. The molecule has 4 nitrogen and oxygen atoms in total. The molecule has 0 radical (unpaired) electrons. The molecule has 0 amide bonds. The monoisotopic (exact) mass is 306 g/mol. The Bertz CT molecular complexity index is 483. The fraction of sp³-hybridized carbons (Fsp3) is 0.500. The van der Waals surface area contributed by atoms with Crippen LogP contribution in [0.4, 0.5) is 0 Å². The summed E-state index contributed by atoms with van der Waals surface area (Å²) in [5, 5.41) is 3.24. The van der Waals surface area contributed by atoms with Gasteiger partial charge in [-0.15, -0.1) is 0 Å². The fourth-order valence-corrected chi connectivity index (χ4v) is 2.19. The average molecular weight is 306 g/mol. The first-order valence-electron chi connectivity index (χ1n) is 7.70. The second-order valence-corrected chi connectivity index (χ2v) is 5.69. The van der Waals surface area contributed by atoms with E-state index in [4.69, 9.17) is 10.5 Å². The summed E-state index contributed by atoms with van der Waals surface area (Å²) in [6.45, 7) is 10.1. The molecular weight excluding hydrogens is 276 g/mol. The summed E-state index contributed by atoms with van der Waals surface area (Å²) in [4.78, 5) is 11.8. The second-order valence-electron chi connectivity index (χ2n) is 5.69. The van der Waals surface area contributed by atoms with Gasteiger partial charge in [0.2, 0.25) is 0 Å². The van der Waals surface area contributed by atoms with Crippen LogP contribution in [0.1, 0.15) is 47.5 Å². The van der Waals surface area contributed by atoms with E-state index in [1.54, 1.807) is 13.2 Å². The first-order valence-corrected chi connectivity index (χ1v) is 7.70. The Morgan fingerprint density at radius 2 is 2.00 bits per heavy atom. The van der Waals surface area contributed by atoms with Gasteiger partial charge in [0.1, 0.15) is 6.26 Å². The van der Waals surface area contributed by atoms with Crippen molar-refractivity contribution < 1.29 is 9.53 Å². The van der Waals surface area contributed by atoms with Crippen LogP contribution in [0.15, 0.2) is 47.7 Å². The molecule has 4 heteroatoms. The second kappa shape index (κ2) is 9.87. The number of ether oxygens (including phenoxy) is 1. The van der Waals surface area contributed by atoms with Crippen molar-refractivity contribution in [3.8, 4) is 0 Å². The molecule has 0 aromatic carbocycles. The quantitative estimate of drug-likeness (QED) is 0.599. The van der Waals surface area contributed by atoms with Gasteiger partial charge in [0.15, 0.2) is 5.78 Å². The van der Waals surface area contributed by atoms with Crippen LogP contribution in [-0.2, 0) is 9.53 Å². The van der Waals surface area contributed by atoms with Crippen LogP contribution in [0.5, 0.6) is 0 Å². The van der Waals surface area contributed by atoms with Gasteiger partial charge < -0.3 is 15.8 Å². The lowest BCUT2D eigenvalue weighted by molar-refractivity contribution is -0.117. The Balaban J connectivity index is 0.00000211. The largest absolute Gasteiger partial charge is 0.502 e. The van der Waals surface area contributed by atoms with E-state index in [1.165, 1.54) is 6.26 Å². The van der Waals surface area contributed by atoms with Crippen molar-refractivity contribution in [2.45, 2.75) is 47.5 Å². The number of allylic oxidation sites excluding steroid dienone is 5. The number of rotatable bonds is 5. The summed E-state index contributed by atoms with van der Waals surface area (Å²) in [6, 6.07) is 0. The van der Waals surface area contributed by atoms with E-state index in [9.17, 15) is 4.79 Å². The molecule has 1 rings (SSSR count). The van der Waals surface area contributed by atoms with Crippen LogP contribution in [0.2, 0.25) is 0 Å². The molecule has 0 saturated heterocycles. The predicted octanol–water partition coefficient (Wildman–Crippen LogP) is 3.78. The highest BCUT2D eigenvalue weighted by molar-refractivity contribution is 5.91.